The van der Waals surface area contributed by atoms with Gasteiger partial charge in [0.05, 0.1) is 14.9 Å². The smallest absolute Gasteiger partial charge is 0.167 e. The molecule has 70 valence electrons. The van der Waals surface area contributed by atoms with E-state index < -0.39 is 16.9 Å². The standard InChI is InChI=1S/C9H20OSi2/c1-7-8-10-12(11(5)6)9(2,3)4/h1,11-12H,8H2,2-6H3. The fourth-order valence-electron chi connectivity index (χ4n) is 1.58. The monoisotopic (exact) mass is 200 g/mol. The molecule has 0 spiro atoms. The Morgan fingerprint density at radius 3 is 2.08 bits per heavy atom. The highest BCUT2D eigenvalue weighted by Gasteiger charge is 2.30. The highest BCUT2D eigenvalue weighted by molar-refractivity contribution is 7.19. The zero-order valence-corrected chi connectivity index (χ0v) is 11.2. The molecule has 0 amide bonds. The molecule has 0 saturated heterocycles. The van der Waals surface area contributed by atoms with Crippen molar-refractivity contribution in [1.82, 2.24) is 0 Å². The van der Waals surface area contributed by atoms with E-state index in [1.807, 2.05) is 0 Å². The topological polar surface area (TPSA) is 9.23 Å². The van der Waals surface area contributed by atoms with Crippen LogP contribution in [0.5, 0.6) is 0 Å². The van der Waals surface area contributed by atoms with Gasteiger partial charge in [-0.1, -0.05) is 39.8 Å². The summed E-state index contributed by atoms with van der Waals surface area (Å²) in [5, 5.41) is 0.372. The summed E-state index contributed by atoms with van der Waals surface area (Å²) in [6.45, 7) is 12.0. The van der Waals surface area contributed by atoms with Gasteiger partial charge in [-0.15, -0.1) is 6.42 Å². The molecule has 0 aromatic carbocycles. The van der Waals surface area contributed by atoms with Crippen molar-refractivity contribution in [2.24, 2.45) is 0 Å². The van der Waals surface area contributed by atoms with Crippen LogP contribution in [-0.4, -0.2) is 23.5 Å². The molecule has 1 nitrogen and oxygen atoms in total. The van der Waals surface area contributed by atoms with Gasteiger partial charge in [-0.05, 0) is 5.04 Å². The summed E-state index contributed by atoms with van der Waals surface area (Å²) in [5.74, 6) is 2.56. The summed E-state index contributed by atoms with van der Waals surface area (Å²) in [5.41, 5.74) is 0. The molecule has 1 atom stereocenters. The Kier molecular flexibility index (Phi) is 4.83. The number of hydrogen-bond acceptors (Lipinski definition) is 1. The van der Waals surface area contributed by atoms with Gasteiger partial charge < -0.3 is 4.43 Å². The second kappa shape index (κ2) is 4.85. The summed E-state index contributed by atoms with van der Waals surface area (Å²) in [6, 6.07) is 0. The Morgan fingerprint density at radius 1 is 1.33 bits per heavy atom. The van der Waals surface area contributed by atoms with E-state index in [1.54, 1.807) is 0 Å². The van der Waals surface area contributed by atoms with E-state index in [9.17, 15) is 0 Å². The van der Waals surface area contributed by atoms with Gasteiger partial charge in [-0.3, -0.25) is 0 Å². The van der Waals surface area contributed by atoms with Crippen LogP contribution < -0.4 is 0 Å². The molecule has 0 heterocycles. The van der Waals surface area contributed by atoms with E-state index in [2.05, 4.69) is 39.8 Å². The average molecular weight is 200 g/mol. The third kappa shape index (κ3) is 4.10. The second-order valence-corrected chi connectivity index (χ2v) is 15.8. The lowest BCUT2D eigenvalue weighted by atomic mass is 10.3. The molecule has 0 N–H and O–H groups in total. The van der Waals surface area contributed by atoms with Crippen LogP contribution in [0.15, 0.2) is 0 Å². The lowest BCUT2D eigenvalue weighted by molar-refractivity contribution is 0.364. The van der Waals surface area contributed by atoms with Crippen molar-refractivity contribution in [2.75, 3.05) is 6.61 Å². The maximum absolute atomic E-state index is 5.78. The van der Waals surface area contributed by atoms with Crippen LogP contribution in [0.25, 0.3) is 0 Å². The van der Waals surface area contributed by atoms with Crippen molar-refractivity contribution in [2.45, 2.75) is 38.9 Å². The number of hydrogen-bond donors (Lipinski definition) is 0. The third-order valence-corrected chi connectivity index (χ3v) is 12.5. The molecule has 0 radical (unpaired) electrons. The van der Waals surface area contributed by atoms with Gasteiger partial charge in [0.2, 0.25) is 0 Å². The van der Waals surface area contributed by atoms with Gasteiger partial charge in [0, 0.05) is 0 Å². The first-order chi connectivity index (χ1) is 5.39. The van der Waals surface area contributed by atoms with Crippen LogP contribution in [0.3, 0.4) is 0 Å². The molecule has 0 aliphatic rings. The molecular weight excluding hydrogens is 180 g/mol. The maximum atomic E-state index is 5.78. The minimum absolute atomic E-state index is 0.372. The number of terminal acetylenes is 1. The first-order valence-electron chi connectivity index (χ1n) is 4.44. The van der Waals surface area contributed by atoms with E-state index in [4.69, 9.17) is 10.8 Å². The summed E-state index contributed by atoms with van der Waals surface area (Å²) in [6.07, 6.45) is 5.18. The first-order valence-corrected chi connectivity index (χ1v) is 10.5. The normalized spacial score (nSPS) is 14.4. The summed E-state index contributed by atoms with van der Waals surface area (Å²) < 4.78 is 5.78. The van der Waals surface area contributed by atoms with Gasteiger partial charge >= 0.3 is 0 Å². The summed E-state index contributed by atoms with van der Waals surface area (Å²) in [4.78, 5) is 0. The van der Waals surface area contributed by atoms with E-state index in [-0.39, 0.29) is 0 Å². The third-order valence-electron chi connectivity index (χ3n) is 1.81. The van der Waals surface area contributed by atoms with Crippen molar-refractivity contribution in [3.05, 3.63) is 0 Å². The van der Waals surface area contributed by atoms with E-state index in [1.165, 1.54) is 0 Å². The quantitative estimate of drug-likeness (QED) is 0.498. The predicted octanol–water partition coefficient (Wildman–Crippen LogP) is 1.73. The Bertz CT molecular complexity index is 164. The van der Waals surface area contributed by atoms with Gasteiger partial charge in [0.25, 0.3) is 0 Å². The molecule has 12 heavy (non-hydrogen) atoms. The Balaban J connectivity index is 4.17. The molecule has 3 heteroatoms. The molecule has 0 saturated carbocycles. The van der Waals surface area contributed by atoms with Crippen molar-refractivity contribution >= 4 is 16.9 Å². The van der Waals surface area contributed by atoms with Gasteiger partial charge in [0.15, 0.2) is 8.56 Å². The number of rotatable bonds is 3. The largest absolute Gasteiger partial charge is 0.412 e. The minimum Gasteiger partial charge on any atom is -0.412 e. The molecule has 0 fully saturated rings. The van der Waals surface area contributed by atoms with Crippen molar-refractivity contribution in [1.29, 1.82) is 0 Å². The van der Waals surface area contributed by atoms with Crippen LogP contribution in [0.4, 0.5) is 0 Å². The molecule has 0 bridgehead atoms. The second-order valence-electron chi connectivity index (χ2n) is 4.55. The van der Waals surface area contributed by atoms with Crippen LogP contribution in [0, 0.1) is 12.3 Å². The van der Waals surface area contributed by atoms with Crippen molar-refractivity contribution < 1.29 is 4.43 Å². The molecule has 0 aliphatic heterocycles. The zero-order valence-electron chi connectivity index (χ0n) is 8.85. The van der Waals surface area contributed by atoms with E-state index in [0.717, 1.165) is 0 Å². The molecule has 0 aliphatic carbocycles. The SMILES string of the molecule is C#CCO[SiH]([SiH](C)C)C(C)(C)C. The highest BCUT2D eigenvalue weighted by atomic mass is 29.2. The predicted molar refractivity (Wildman–Crippen MR) is 60.5 cm³/mol. The average Bonchev–Trinajstić information content (AvgIpc) is 1.84. The van der Waals surface area contributed by atoms with Crippen LogP contribution >= 0.6 is 0 Å². The first kappa shape index (κ1) is 12.0. The van der Waals surface area contributed by atoms with E-state index >= 15 is 0 Å². The highest BCUT2D eigenvalue weighted by Crippen LogP contribution is 2.28. The summed E-state index contributed by atoms with van der Waals surface area (Å²) >= 11 is 0. The van der Waals surface area contributed by atoms with Gasteiger partial charge in [-0.25, -0.2) is 0 Å². The minimum atomic E-state index is -1.02. The molecule has 0 aromatic rings. The van der Waals surface area contributed by atoms with E-state index in [0.29, 0.717) is 11.6 Å². The van der Waals surface area contributed by atoms with Gasteiger partial charge in [-0.2, -0.15) is 0 Å². The molecular formula is C9H20OSi2. The zero-order chi connectivity index (χ0) is 9.78. The lowest BCUT2D eigenvalue weighted by Crippen LogP contribution is -2.41. The maximum Gasteiger partial charge on any atom is 0.167 e. The Morgan fingerprint density at radius 2 is 1.83 bits per heavy atom. The van der Waals surface area contributed by atoms with Crippen LogP contribution in [0.1, 0.15) is 20.8 Å². The van der Waals surface area contributed by atoms with Gasteiger partial charge in [0.1, 0.15) is 0 Å². The fraction of sp³-hybridized carbons (Fsp3) is 0.778. The summed E-state index contributed by atoms with van der Waals surface area (Å²) in [7, 11) is -1.64. The Hall–Kier alpha value is -0.0462. The Labute approximate surface area is 79.6 Å². The van der Waals surface area contributed by atoms with Crippen molar-refractivity contribution in [3.8, 4) is 12.3 Å². The van der Waals surface area contributed by atoms with Crippen molar-refractivity contribution in [3.63, 3.8) is 0 Å². The molecule has 1 unspecified atom stereocenters. The molecule has 0 aromatic heterocycles. The molecule has 0 rings (SSSR count). The van der Waals surface area contributed by atoms with Crippen LogP contribution in [-0.2, 0) is 4.43 Å². The van der Waals surface area contributed by atoms with Crippen LogP contribution in [0.2, 0.25) is 18.1 Å². The fourth-order valence-corrected chi connectivity index (χ4v) is 12.2. The lowest BCUT2D eigenvalue weighted by Gasteiger charge is -2.30.